The summed E-state index contributed by atoms with van der Waals surface area (Å²) in [5.74, 6) is -0.337. The smallest absolute Gasteiger partial charge is 0.226 e. The largest absolute Gasteiger partial charge is 0.356 e. The zero-order valence-corrected chi connectivity index (χ0v) is 13.4. The summed E-state index contributed by atoms with van der Waals surface area (Å²) in [5.41, 5.74) is 0.919. The van der Waals surface area contributed by atoms with Crippen molar-refractivity contribution in [2.24, 2.45) is 5.92 Å². The van der Waals surface area contributed by atoms with Gasteiger partial charge < -0.3 is 10.2 Å². The maximum absolute atomic E-state index is 12.4. The number of likely N-dealkylation sites (tertiary alicyclic amines) is 1. The highest BCUT2D eigenvalue weighted by Crippen LogP contribution is 2.36. The zero-order valence-electron chi connectivity index (χ0n) is 13.4. The summed E-state index contributed by atoms with van der Waals surface area (Å²) in [5, 5.41) is 2.99. The van der Waals surface area contributed by atoms with Gasteiger partial charge in [0.15, 0.2) is 0 Å². The number of pyridine rings is 1. The highest BCUT2D eigenvalue weighted by atomic mass is 16.2. The van der Waals surface area contributed by atoms with Crippen molar-refractivity contribution >= 4 is 11.8 Å². The Morgan fingerprint density at radius 3 is 2.91 bits per heavy atom. The van der Waals surface area contributed by atoms with Gasteiger partial charge in [0.05, 0.1) is 12.0 Å². The fourth-order valence-electron chi connectivity index (χ4n) is 3.01. The number of carbonyl (C=O) groups is 2. The Kier molecular flexibility index (Phi) is 5.92. The van der Waals surface area contributed by atoms with E-state index >= 15 is 0 Å². The van der Waals surface area contributed by atoms with Gasteiger partial charge in [0, 0.05) is 32.4 Å². The fourth-order valence-corrected chi connectivity index (χ4v) is 3.01. The molecule has 0 unspecified atom stereocenters. The molecule has 2 rings (SSSR count). The Labute approximate surface area is 132 Å². The van der Waals surface area contributed by atoms with E-state index in [1.54, 1.807) is 24.3 Å². The second-order valence-electron chi connectivity index (χ2n) is 5.90. The second kappa shape index (κ2) is 7.92. The van der Waals surface area contributed by atoms with E-state index in [0.717, 1.165) is 18.4 Å². The van der Waals surface area contributed by atoms with E-state index in [0.29, 0.717) is 6.54 Å². The summed E-state index contributed by atoms with van der Waals surface area (Å²) >= 11 is 0. The summed E-state index contributed by atoms with van der Waals surface area (Å²) in [6.07, 6.45) is 8.21. The van der Waals surface area contributed by atoms with Crippen LogP contribution >= 0.6 is 0 Å². The lowest BCUT2D eigenvalue weighted by Crippen LogP contribution is -2.35. The quantitative estimate of drug-likeness (QED) is 0.786. The summed E-state index contributed by atoms with van der Waals surface area (Å²) in [4.78, 5) is 30.2. The maximum Gasteiger partial charge on any atom is 0.226 e. The van der Waals surface area contributed by atoms with E-state index < -0.39 is 0 Å². The zero-order chi connectivity index (χ0) is 15.9. The summed E-state index contributed by atoms with van der Waals surface area (Å²) < 4.78 is 0. The van der Waals surface area contributed by atoms with E-state index in [1.807, 2.05) is 12.1 Å². The Morgan fingerprint density at radius 2 is 2.23 bits per heavy atom. The molecule has 0 aliphatic carbocycles. The van der Waals surface area contributed by atoms with Crippen LogP contribution in [0.25, 0.3) is 0 Å². The number of carbonyl (C=O) groups excluding carboxylic acids is 2. The van der Waals surface area contributed by atoms with Crippen LogP contribution in [0, 0.1) is 5.92 Å². The predicted molar refractivity (Wildman–Crippen MR) is 85.0 cm³/mol. The molecule has 120 valence electrons. The molecule has 1 N–H and O–H groups in total. The van der Waals surface area contributed by atoms with Gasteiger partial charge in [0.25, 0.3) is 0 Å². The minimum atomic E-state index is -0.326. The molecule has 0 aromatic carbocycles. The van der Waals surface area contributed by atoms with Crippen molar-refractivity contribution in [3.05, 3.63) is 30.1 Å². The van der Waals surface area contributed by atoms with Crippen LogP contribution in [-0.4, -0.2) is 35.3 Å². The molecular weight excluding hydrogens is 278 g/mol. The van der Waals surface area contributed by atoms with Crippen LogP contribution in [0.2, 0.25) is 0 Å². The number of unbranched alkanes of at least 4 members (excludes halogenated alkanes) is 3. The van der Waals surface area contributed by atoms with Crippen molar-refractivity contribution in [3.8, 4) is 0 Å². The van der Waals surface area contributed by atoms with Crippen molar-refractivity contribution in [2.75, 3.05) is 13.6 Å². The van der Waals surface area contributed by atoms with Crippen LogP contribution in [0.3, 0.4) is 0 Å². The van der Waals surface area contributed by atoms with Crippen molar-refractivity contribution in [2.45, 2.75) is 45.1 Å². The first-order valence-corrected chi connectivity index (χ1v) is 8.08. The standard InChI is InChI=1S/C17H25N3O2/c1-3-4-5-6-10-19-17(22)14-11-15(21)20(2)16(14)13-8-7-9-18-12-13/h7-9,12,14,16H,3-6,10-11H2,1-2H3,(H,19,22)/t14-,16-/m0/s1. The molecule has 1 aromatic rings. The number of nitrogens with one attached hydrogen (secondary N) is 1. The molecular formula is C17H25N3O2. The van der Waals surface area contributed by atoms with Crippen LogP contribution in [0.4, 0.5) is 0 Å². The molecule has 0 radical (unpaired) electrons. The second-order valence-corrected chi connectivity index (χ2v) is 5.90. The Morgan fingerprint density at radius 1 is 1.41 bits per heavy atom. The SMILES string of the molecule is CCCCCCNC(=O)[C@H]1CC(=O)N(C)[C@H]1c1cccnc1. The highest BCUT2D eigenvalue weighted by Gasteiger charge is 2.42. The van der Waals surface area contributed by atoms with Crippen molar-refractivity contribution < 1.29 is 9.59 Å². The molecule has 2 atom stereocenters. The van der Waals surface area contributed by atoms with Gasteiger partial charge in [-0.2, -0.15) is 0 Å². The van der Waals surface area contributed by atoms with Crippen molar-refractivity contribution in [1.82, 2.24) is 15.2 Å². The van der Waals surface area contributed by atoms with E-state index in [2.05, 4.69) is 17.2 Å². The summed E-state index contributed by atoms with van der Waals surface area (Å²) in [7, 11) is 1.76. The molecule has 1 saturated heterocycles. The van der Waals surface area contributed by atoms with Gasteiger partial charge in [0.1, 0.15) is 0 Å². The first-order valence-electron chi connectivity index (χ1n) is 8.08. The van der Waals surface area contributed by atoms with Gasteiger partial charge >= 0.3 is 0 Å². The average Bonchev–Trinajstić information content (AvgIpc) is 2.83. The van der Waals surface area contributed by atoms with E-state index in [-0.39, 0.29) is 30.2 Å². The van der Waals surface area contributed by atoms with Gasteiger partial charge in [-0.25, -0.2) is 0 Å². The van der Waals surface area contributed by atoms with Crippen LogP contribution in [0.5, 0.6) is 0 Å². The van der Waals surface area contributed by atoms with E-state index in [4.69, 9.17) is 0 Å². The number of amides is 2. The lowest BCUT2D eigenvalue weighted by atomic mass is 9.94. The molecule has 0 bridgehead atoms. The molecule has 5 nitrogen and oxygen atoms in total. The molecule has 1 aliphatic heterocycles. The third kappa shape index (κ3) is 3.84. The molecule has 0 saturated carbocycles. The van der Waals surface area contributed by atoms with E-state index in [1.165, 1.54) is 12.8 Å². The molecule has 2 heterocycles. The lowest BCUT2D eigenvalue weighted by molar-refractivity contribution is -0.128. The van der Waals surface area contributed by atoms with Crippen molar-refractivity contribution in [3.63, 3.8) is 0 Å². The van der Waals surface area contributed by atoms with Crippen LogP contribution in [-0.2, 0) is 9.59 Å². The fraction of sp³-hybridized carbons (Fsp3) is 0.588. The number of nitrogens with zero attached hydrogens (tertiary/aromatic N) is 2. The minimum Gasteiger partial charge on any atom is -0.356 e. The van der Waals surface area contributed by atoms with E-state index in [9.17, 15) is 9.59 Å². The number of aromatic nitrogens is 1. The summed E-state index contributed by atoms with van der Waals surface area (Å²) in [6, 6.07) is 3.55. The van der Waals surface area contributed by atoms with Crippen LogP contribution in [0.15, 0.2) is 24.5 Å². The molecule has 22 heavy (non-hydrogen) atoms. The molecule has 0 spiro atoms. The van der Waals surface area contributed by atoms with Crippen LogP contribution < -0.4 is 5.32 Å². The van der Waals surface area contributed by atoms with Gasteiger partial charge in [-0.1, -0.05) is 32.3 Å². The molecule has 5 heteroatoms. The topological polar surface area (TPSA) is 62.3 Å². The number of hydrogen-bond donors (Lipinski definition) is 1. The number of hydrogen-bond acceptors (Lipinski definition) is 3. The maximum atomic E-state index is 12.4. The number of rotatable bonds is 7. The van der Waals surface area contributed by atoms with Gasteiger partial charge in [-0.05, 0) is 18.1 Å². The van der Waals surface area contributed by atoms with Crippen molar-refractivity contribution in [1.29, 1.82) is 0 Å². The first-order chi connectivity index (χ1) is 10.6. The van der Waals surface area contributed by atoms with Gasteiger partial charge in [-0.3, -0.25) is 14.6 Å². The molecule has 1 aromatic heterocycles. The summed E-state index contributed by atoms with van der Waals surface area (Å²) in [6.45, 7) is 2.85. The Hall–Kier alpha value is -1.91. The van der Waals surface area contributed by atoms with Crippen LogP contribution in [0.1, 0.15) is 50.6 Å². The predicted octanol–water partition coefficient (Wildman–Crippen LogP) is 2.30. The average molecular weight is 303 g/mol. The monoisotopic (exact) mass is 303 g/mol. The highest BCUT2D eigenvalue weighted by molar-refractivity contribution is 5.90. The minimum absolute atomic E-state index is 0.0139. The third-order valence-electron chi connectivity index (χ3n) is 4.28. The van der Waals surface area contributed by atoms with Gasteiger partial charge in [0.2, 0.25) is 11.8 Å². The normalized spacial score (nSPS) is 21.2. The van der Waals surface area contributed by atoms with Gasteiger partial charge in [-0.15, -0.1) is 0 Å². The third-order valence-corrected chi connectivity index (χ3v) is 4.28. The Balaban J connectivity index is 1.98. The Bertz CT molecular complexity index is 504. The lowest BCUT2D eigenvalue weighted by Gasteiger charge is -2.24. The first kappa shape index (κ1) is 16.5. The molecule has 2 amide bonds. The molecule has 1 aliphatic rings. The molecule has 1 fully saturated rings.